The molecule has 1 aromatic rings. The zero-order chi connectivity index (χ0) is 18.4. The highest BCUT2D eigenvalue weighted by Crippen LogP contribution is 2.36. The number of carbonyl (C=O) groups excluding carboxylic acids is 1. The Kier molecular flexibility index (Phi) is 6.64. The second kappa shape index (κ2) is 8.52. The molecule has 0 radical (unpaired) electrons. The SMILES string of the molecule is CC(C)Oc1cc(C2CCCC2)ccc1C(=O)NCC=CS(C)(=O)=O. The smallest absolute Gasteiger partial charge is 0.255 e. The third-order valence-electron chi connectivity index (χ3n) is 4.16. The van der Waals surface area contributed by atoms with Gasteiger partial charge in [0.05, 0.1) is 11.7 Å². The number of hydrogen-bond donors (Lipinski definition) is 1. The second-order valence-electron chi connectivity index (χ2n) is 6.81. The maximum atomic E-state index is 12.4. The summed E-state index contributed by atoms with van der Waals surface area (Å²) in [5.74, 6) is 0.861. The molecule has 6 heteroatoms. The van der Waals surface area contributed by atoms with Gasteiger partial charge in [0.25, 0.3) is 5.91 Å². The van der Waals surface area contributed by atoms with Crippen molar-refractivity contribution in [3.05, 3.63) is 40.8 Å². The van der Waals surface area contributed by atoms with Gasteiger partial charge < -0.3 is 10.1 Å². The van der Waals surface area contributed by atoms with Crippen molar-refractivity contribution in [2.75, 3.05) is 12.8 Å². The Morgan fingerprint density at radius 3 is 2.60 bits per heavy atom. The summed E-state index contributed by atoms with van der Waals surface area (Å²) in [5.41, 5.74) is 1.70. The third kappa shape index (κ3) is 6.20. The fourth-order valence-electron chi connectivity index (χ4n) is 3.06. The molecule has 0 atom stereocenters. The first-order valence-corrected chi connectivity index (χ1v) is 10.7. The Labute approximate surface area is 150 Å². The van der Waals surface area contributed by atoms with Crippen molar-refractivity contribution in [1.82, 2.24) is 5.32 Å². The van der Waals surface area contributed by atoms with Gasteiger partial charge in [0.15, 0.2) is 9.84 Å². The minimum absolute atomic E-state index is 0.0319. The van der Waals surface area contributed by atoms with E-state index in [4.69, 9.17) is 4.74 Å². The van der Waals surface area contributed by atoms with Gasteiger partial charge in [0.2, 0.25) is 0 Å². The summed E-state index contributed by atoms with van der Waals surface area (Å²) >= 11 is 0. The molecule has 0 bridgehead atoms. The van der Waals surface area contributed by atoms with E-state index >= 15 is 0 Å². The van der Waals surface area contributed by atoms with Crippen LogP contribution in [-0.4, -0.2) is 33.2 Å². The Morgan fingerprint density at radius 1 is 1.32 bits per heavy atom. The van der Waals surface area contributed by atoms with E-state index in [9.17, 15) is 13.2 Å². The molecule has 0 spiro atoms. The topological polar surface area (TPSA) is 72.5 Å². The highest BCUT2D eigenvalue weighted by atomic mass is 32.2. The molecule has 1 aliphatic carbocycles. The van der Waals surface area contributed by atoms with Crippen molar-refractivity contribution in [2.24, 2.45) is 0 Å². The number of rotatable bonds is 7. The lowest BCUT2D eigenvalue weighted by Crippen LogP contribution is -2.24. The van der Waals surface area contributed by atoms with Crippen LogP contribution in [0.15, 0.2) is 29.7 Å². The molecule has 138 valence electrons. The van der Waals surface area contributed by atoms with E-state index in [0.717, 1.165) is 11.7 Å². The van der Waals surface area contributed by atoms with Gasteiger partial charge >= 0.3 is 0 Å². The van der Waals surface area contributed by atoms with Crippen LogP contribution in [0.2, 0.25) is 0 Å². The van der Waals surface area contributed by atoms with Gasteiger partial charge in [-0.3, -0.25) is 4.79 Å². The van der Waals surface area contributed by atoms with Crippen molar-refractivity contribution < 1.29 is 17.9 Å². The molecule has 0 aromatic heterocycles. The molecule has 0 saturated heterocycles. The van der Waals surface area contributed by atoms with Crippen molar-refractivity contribution in [3.63, 3.8) is 0 Å². The van der Waals surface area contributed by atoms with Crippen molar-refractivity contribution in [1.29, 1.82) is 0 Å². The highest BCUT2D eigenvalue weighted by Gasteiger charge is 2.20. The molecule has 1 fully saturated rings. The number of ether oxygens (including phenoxy) is 1. The predicted octanol–water partition coefficient (Wildman–Crippen LogP) is 3.42. The van der Waals surface area contributed by atoms with Gasteiger partial charge in [-0.15, -0.1) is 0 Å². The summed E-state index contributed by atoms with van der Waals surface area (Å²) in [5, 5.41) is 3.79. The van der Waals surface area contributed by atoms with Gasteiger partial charge in [-0.05, 0) is 50.3 Å². The van der Waals surface area contributed by atoms with Crippen LogP contribution in [0.1, 0.15) is 61.4 Å². The summed E-state index contributed by atoms with van der Waals surface area (Å²) in [4.78, 5) is 12.4. The van der Waals surface area contributed by atoms with Crippen molar-refractivity contribution >= 4 is 15.7 Å². The van der Waals surface area contributed by atoms with E-state index < -0.39 is 9.84 Å². The summed E-state index contributed by atoms with van der Waals surface area (Å²) in [6, 6.07) is 5.79. The minimum atomic E-state index is -3.18. The van der Waals surface area contributed by atoms with Crippen molar-refractivity contribution in [2.45, 2.75) is 51.6 Å². The van der Waals surface area contributed by atoms with E-state index in [1.165, 1.54) is 37.3 Å². The van der Waals surface area contributed by atoms with Crippen LogP contribution in [0.25, 0.3) is 0 Å². The molecule has 1 amide bonds. The number of benzene rings is 1. The monoisotopic (exact) mass is 365 g/mol. The van der Waals surface area contributed by atoms with Crippen LogP contribution < -0.4 is 10.1 Å². The van der Waals surface area contributed by atoms with Gasteiger partial charge in [0, 0.05) is 18.2 Å². The molecule has 1 aliphatic rings. The predicted molar refractivity (Wildman–Crippen MR) is 99.7 cm³/mol. The molecular formula is C19H27NO4S. The molecule has 0 unspecified atom stereocenters. The van der Waals surface area contributed by atoms with Crippen LogP contribution in [0.3, 0.4) is 0 Å². The summed E-state index contributed by atoms with van der Waals surface area (Å²) in [6.45, 7) is 4.01. The molecule has 1 aromatic carbocycles. The largest absolute Gasteiger partial charge is 0.490 e. The first kappa shape index (κ1) is 19.5. The fourth-order valence-corrected chi connectivity index (χ4v) is 3.51. The van der Waals surface area contributed by atoms with Crippen LogP contribution in [0.4, 0.5) is 0 Å². The van der Waals surface area contributed by atoms with E-state index in [2.05, 4.69) is 5.32 Å². The average Bonchev–Trinajstić information content (AvgIpc) is 3.04. The number of amides is 1. The minimum Gasteiger partial charge on any atom is -0.490 e. The summed E-state index contributed by atoms with van der Waals surface area (Å²) < 4.78 is 28.0. The lowest BCUT2D eigenvalue weighted by molar-refractivity contribution is 0.0952. The van der Waals surface area contributed by atoms with Crippen LogP contribution >= 0.6 is 0 Å². The molecule has 25 heavy (non-hydrogen) atoms. The Balaban J connectivity index is 2.14. The summed E-state index contributed by atoms with van der Waals surface area (Å²) in [6.07, 6.45) is 7.37. The maximum absolute atomic E-state index is 12.4. The van der Waals surface area contributed by atoms with E-state index in [-0.39, 0.29) is 18.6 Å². The Morgan fingerprint density at radius 2 is 2.00 bits per heavy atom. The number of carbonyl (C=O) groups is 1. The van der Waals surface area contributed by atoms with Gasteiger partial charge in [-0.1, -0.05) is 25.0 Å². The molecule has 1 N–H and O–H groups in total. The zero-order valence-corrected chi connectivity index (χ0v) is 15.9. The van der Waals surface area contributed by atoms with Crippen molar-refractivity contribution in [3.8, 4) is 5.75 Å². The molecular weight excluding hydrogens is 338 g/mol. The van der Waals surface area contributed by atoms with Gasteiger partial charge in [-0.2, -0.15) is 0 Å². The number of hydrogen-bond acceptors (Lipinski definition) is 4. The quantitative estimate of drug-likeness (QED) is 0.803. The lowest BCUT2D eigenvalue weighted by atomic mass is 9.96. The standard InChI is InChI=1S/C19H27NO4S/c1-14(2)24-18-13-16(15-7-4-5-8-15)9-10-17(18)19(21)20-11-6-12-25(3,22)23/h6,9-10,12-15H,4-5,7-8,11H2,1-3H3,(H,20,21). The van der Waals surface area contributed by atoms with E-state index in [1.807, 2.05) is 26.0 Å². The van der Waals surface area contributed by atoms with Crippen LogP contribution in [0, 0.1) is 0 Å². The normalized spacial score (nSPS) is 15.8. The van der Waals surface area contributed by atoms with E-state index in [1.54, 1.807) is 6.07 Å². The Hall–Kier alpha value is -1.82. The van der Waals surface area contributed by atoms with Gasteiger partial charge in [0.1, 0.15) is 5.75 Å². The van der Waals surface area contributed by atoms with Crippen LogP contribution in [0.5, 0.6) is 5.75 Å². The van der Waals surface area contributed by atoms with E-state index in [0.29, 0.717) is 17.2 Å². The highest BCUT2D eigenvalue weighted by molar-refractivity contribution is 7.93. The molecule has 5 nitrogen and oxygen atoms in total. The third-order valence-corrected chi connectivity index (χ3v) is 4.85. The molecule has 1 saturated carbocycles. The zero-order valence-electron chi connectivity index (χ0n) is 15.1. The first-order valence-electron chi connectivity index (χ1n) is 8.71. The van der Waals surface area contributed by atoms with Gasteiger partial charge in [-0.25, -0.2) is 8.42 Å². The molecule has 0 aliphatic heterocycles. The number of nitrogens with one attached hydrogen (secondary N) is 1. The van der Waals surface area contributed by atoms with Crippen LogP contribution in [-0.2, 0) is 9.84 Å². The summed E-state index contributed by atoms with van der Waals surface area (Å²) in [7, 11) is -3.18. The molecule has 2 rings (SSSR count). The Bertz CT molecular complexity index is 732. The maximum Gasteiger partial charge on any atom is 0.255 e. The number of sulfone groups is 1. The second-order valence-corrected chi connectivity index (χ2v) is 8.75. The first-order chi connectivity index (χ1) is 11.8. The lowest BCUT2D eigenvalue weighted by Gasteiger charge is -2.17. The average molecular weight is 365 g/mol. The fraction of sp³-hybridized carbons (Fsp3) is 0.526. The molecule has 0 heterocycles.